The molecule has 0 spiro atoms. The molecule has 2 amide bonds. The number of carbonyl (C=O) groups excluding carboxylic acids is 2. The van der Waals surface area contributed by atoms with Crippen molar-refractivity contribution in [2.45, 2.75) is 32.6 Å². The smallest absolute Gasteiger partial charge is 0.291 e. The summed E-state index contributed by atoms with van der Waals surface area (Å²) in [6.07, 6.45) is 8.14. The van der Waals surface area contributed by atoms with Gasteiger partial charge in [0.05, 0.1) is 6.42 Å². The summed E-state index contributed by atoms with van der Waals surface area (Å²) < 4.78 is 2.12. The second-order valence-electron chi connectivity index (χ2n) is 6.69. The molecule has 0 bridgehead atoms. The molecule has 27 heavy (non-hydrogen) atoms. The van der Waals surface area contributed by atoms with Crippen molar-refractivity contribution in [1.29, 1.82) is 0 Å². The number of hydrogen-bond donors (Lipinski definition) is 1. The minimum atomic E-state index is -0.721. The zero-order chi connectivity index (χ0) is 19.6. The molecule has 2 aromatic heterocycles. The van der Waals surface area contributed by atoms with Crippen LogP contribution >= 0.6 is 0 Å². The first-order chi connectivity index (χ1) is 12.9. The molecule has 0 aliphatic heterocycles. The van der Waals surface area contributed by atoms with E-state index in [-0.39, 0.29) is 12.8 Å². The first-order valence-corrected chi connectivity index (χ1v) is 8.65. The topological polar surface area (TPSA) is 111 Å². The van der Waals surface area contributed by atoms with Gasteiger partial charge in [-0.25, -0.2) is 14.2 Å². The van der Waals surface area contributed by atoms with E-state index in [1.807, 2.05) is 6.92 Å². The van der Waals surface area contributed by atoms with E-state index in [2.05, 4.69) is 33.3 Å². The van der Waals surface area contributed by atoms with Crippen molar-refractivity contribution in [1.82, 2.24) is 29.7 Å². The highest BCUT2D eigenvalue weighted by atomic mass is 16.2. The average Bonchev–Trinajstić information content (AvgIpc) is 3.08. The Morgan fingerprint density at radius 3 is 2.93 bits per heavy atom. The molecule has 1 aliphatic carbocycles. The van der Waals surface area contributed by atoms with Gasteiger partial charge in [-0.05, 0) is 38.5 Å². The van der Waals surface area contributed by atoms with Gasteiger partial charge in [-0.15, -0.1) is 5.10 Å². The second kappa shape index (κ2) is 7.65. The highest BCUT2D eigenvalue weighted by molar-refractivity contribution is 6.08. The lowest BCUT2D eigenvalue weighted by Gasteiger charge is -2.21. The number of amides is 2. The largest absolute Gasteiger partial charge is 0.352 e. The first-order valence-electron chi connectivity index (χ1n) is 8.65. The fraction of sp³-hybridized carbons (Fsp3) is 0.389. The molecule has 143 valence electrons. The van der Waals surface area contributed by atoms with E-state index in [1.165, 1.54) is 30.9 Å². The minimum absolute atomic E-state index is 0. The van der Waals surface area contributed by atoms with Gasteiger partial charge in [0.25, 0.3) is 5.91 Å². The molecule has 0 aromatic carbocycles. The number of carbonyl (C=O) groups is 2. The number of fused-ring (bicyclic) bond motifs is 1. The third-order valence-electron chi connectivity index (χ3n) is 4.70. The lowest BCUT2D eigenvalue weighted by Crippen LogP contribution is -2.32. The fourth-order valence-electron chi connectivity index (χ4n) is 3.01. The van der Waals surface area contributed by atoms with E-state index in [9.17, 15) is 14.4 Å². The molecule has 0 fully saturated rings. The van der Waals surface area contributed by atoms with Crippen LogP contribution in [0.5, 0.6) is 0 Å². The van der Waals surface area contributed by atoms with Gasteiger partial charge in [0.1, 0.15) is 6.33 Å². The Labute approximate surface area is 157 Å². The third-order valence-corrected chi connectivity index (χ3v) is 4.70. The minimum Gasteiger partial charge on any atom is -0.291 e. The number of rotatable bonds is 5. The van der Waals surface area contributed by atoms with E-state index >= 15 is 0 Å². The van der Waals surface area contributed by atoms with Crippen molar-refractivity contribution in [2.24, 2.45) is 13.0 Å². The molecule has 2 aromatic rings. The van der Waals surface area contributed by atoms with Gasteiger partial charge in [0.15, 0.2) is 11.3 Å². The summed E-state index contributed by atoms with van der Waals surface area (Å²) in [7, 11) is 1.44. The van der Waals surface area contributed by atoms with Gasteiger partial charge >= 0.3 is 5.69 Å². The van der Waals surface area contributed by atoms with Crippen molar-refractivity contribution >= 4 is 17.5 Å². The number of nitrogens with one attached hydrogen (secondary N) is 1. The SMILES string of the molecule is C=C(C)[C@@H]1CC=C(C[CH]C(=O)NC(=O)c2ncn3c(=O)n(C)nnc23)CC1.[HH]. The van der Waals surface area contributed by atoms with Crippen LogP contribution in [-0.2, 0) is 11.8 Å². The number of aryl methyl sites for hydroxylation is 1. The van der Waals surface area contributed by atoms with E-state index < -0.39 is 17.5 Å². The molecule has 1 atom stereocenters. The molecule has 1 aliphatic rings. The molecule has 0 saturated carbocycles. The molecule has 0 unspecified atom stereocenters. The summed E-state index contributed by atoms with van der Waals surface area (Å²) in [5.74, 6) is -0.727. The third kappa shape index (κ3) is 4.02. The number of nitrogens with zero attached hydrogens (tertiary/aromatic N) is 5. The number of imide groups is 1. The standard InChI is InChI=1S/C18H21N6O3.H2/c1-11(2)13-7-4-12(5-8-13)6-9-14(25)20-17(26)15-16-21-22-23(3)18(27)24(16)10-19-15;/h4,9-10,13H,1,5-8H2,2-3H3,(H,20,25,26);1H/t13-;/m1./s1. The maximum atomic E-state index is 12.3. The molecule has 1 radical (unpaired) electrons. The summed E-state index contributed by atoms with van der Waals surface area (Å²) in [4.78, 5) is 40.1. The summed E-state index contributed by atoms with van der Waals surface area (Å²) in [6.45, 7) is 6.03. The molecule has 1 N–H and O–H groups in total. The number of allylic oxidation sites excluding steroid dienone is 3. The quantitative estimate of drug-likeness (QED) is 0.791. The maximum Gasteiger partial charge on any atom is 0.352 e. The molecule has 9 heteroatoms. The van der Waals surface area contributed by atoms with Gasteiger partial charge in [0, 0.05) is 8.47 Å². The number of aromatic nitrogens is 5. The van der Waals surface area contributed by atoms with Crippen molar-refractivity contribution in [3.8, 4) is 0 Å². The molecule has 3 rings (SSSR count). The van der Waals surface area contributed by atoms with E-state index in [0.717, 1.165) is 28.3 Å². The van der Waals surface area contributed by atoms with E-state index in [1.54, 1.807) is 0 Å². The summed E-state index contributed by atoms with van der Waals surface area (Å²) >= 11 is 0. The molecule has 2 heterocycles. The van der Waals surface area contributed by atoms with Crippen molar-refractivity contribution in [3.63, 3.8) is 0 Å². The van der Waals surface area contributed by atoms with Crippen LogP contribution in [0.4, 0.5) is 0 Å². The molecule has 0 saturated heterocycles. The molecular weight excluding hydrogens is 348 g/mol. The van der Waals surface area contributed by atoms with E-state index in [4.69, 9.17) is 0 Å². The van der Waals surface area contributed by atoms with E-state index in [0.29, 0.717) is 12.3 Å². The lowest BCUT2D eigenvalue weighted by molar-refractivity contribution is -0.117. The second-order valence-corrected chi connectivity index (χ2v) is 6.69. The monoisotopic (exact) mass is 371 g/mol. The Balaban J connectivity index is 0.00000280. The Bertz CT molecular complexity index is 1010. The van der Waals surface area contributed by atoms with Crippen LogP contribution < -0.4 is 11.0 Å². The molecule has 9 nitrogen and oxygen atoms in total. The van der Waals surface area contributed by atoms with Crippen molar-refractivity contribution in [2.75, 3.05) is 0 Å². The Morgan fingerprint density at radius 2 is 2.26 bits per heavy atom. The average molecular weight is 371 g/mol. The predicted molar refractivity (Wildman–Crippen MR) is 99.8 cm³/mol. The zero-order valence-electron chi connectivity index (χ0n) is 15.3. The number of hydrogen-bond acceptors (Lipinski definition) is 6. The first kappa shape index (κ1) is 18.7. The predicted octanol–water partition coefficient (Wildman–Crippen LogP) is 1.22. The van der Waals surface area contributed by atoms with Crippen LogP contribution in [0.3, 0.4) is 0 Å². The van der Waals surface area contributed by atoms with Crippen LogP contribution in [0.15, 0.2) is 34.9 Å². The summed E-state index contributed by atoms with van der Waals surface area (Å²) in [5, 5.41) is 9.66. The van der Waals surface area contributed by atoms with Gasteiger partial charge in [-0.3, -0.25) is 14.9 Å². The van der Waals surface area contributed by atoms with Crippen LogP contribution in [0.2, 0.25) is 0 Å². The van der Waals surface area contributed by atoms with Gasteiger partial charge in [-0.2, -0.15) is 4.68 Å². The maximum absolute atomic E-state index is 12.3. The van der Waals surface area contributed by atoms with Crippen LogP contribution in [0.1, 0.15) is 44.5 Å². The lowest BCUT2D eigenvalue weighted by atomic mass is 9.84. The van der Waals surface area contributed by atoms with Gasteiger partial charge in [0.2, 0.25) is 5.91 Å². The van der Waals surface area contributed by atoms with Crippen LogP contribution in [0, 0.1) is 12.3 Å². The van der Waals surface area contributed by atoms with Gasteiger partial charge < -0.3 is 0 Å². The highest BCUT2D eigenvalue weighted by Crippen LogP contribution is 2.29. The van der Waals surface area contributed by atoms with Crippen LogP contribution in [-0.4, -0.2) is 36.2 Å². The Kier molecular flexibility index (Phi) is 5.29. The Morgan fingerprint density at radius 1 is 1.48 bits per heavy atom. The van der Waals surface area contributed by atoms with Crippen LogP contribution in [0.25, 0.3) is 5.65 Å². The zero-order valence-corrected chi connectivity index (χ0v) is 15.3. The van der Waals surface area contributed by atoms with Crippen molar-refractivity contribution < 1.29 is 11.0 Å². The van der Waals surface area contributed by atoms with Crippen molar-refractivity contribution in [3.05, 3.63) is 52.7 Å². The normalized spacial score (nSPS) is 16.8. The summed E-state index contributed by atoms with van der Waals surface area (Å²) in [6, 6.07) is 0. The number of imidazole rings is 1. The summed E-state index contributed by atoms with van der Waals surface area (Å²) in [5.41, 5.74) is 1.76. The molecular formula is C18H23N6O3. The fourth-order valence-corrected chi connectivity index (χ4v) is 3.01. The highest BCUT2D eigenvalue weighted by Gasteiger charge is 2.20. The van der Waals surface area contributed by atoms with Gasteiger partial charge in [-0.1, -0.05) is 29.0 Å². The Hall–Kier alpha value is -3.10.